The van der Waals surface area contributed by atoms with Gasteiger partial charge in [-0.15, -0.1) is 0 Å². The molecule has 0 bridgehead atoms. The number of ether oxygens (including phenoxy) is 1. The highest BCUT2D eigenvalue weighted by Crippen LogP contribution is 2.43. The first-order valence-corrected chi connectivity index (χ1v) is 7.50. The van der Waals surface area contributed by atoms with Crippen molar-refractivity contribution in [3.05, 3.63) is 32.8 Å². The summed E-state index contributed by atoms with van der Waals surface area (Å²) in [4.78, 5) is 0. The number of halogens is 3. The summed E-state index contributed by atoms with van der Waals surface area (Å²) in [6.45, 7) is 4.28. The summed E-state index contributed by atoms with van der Waals surface area (Å²) < 4.78 is 5.61. The molecule has 0 N–H and O–H groups in total. The topological polar surface area (TPSA) is 12.5 Å². The Bertz CT molecular complexity index is 433. The molecule has 0 aliphatic carbocycles. The molecule has 0 saturated carbocycles. The molecule has 2 rings (SSSR count). The van der Waals surface area contributed by atoms with Crippen molar-refractivity contribution in [1.82, 2.24) is 0 Å². The van der Waals surface area contributed by atoms with E-state index in [1.807, 2.05) is 6.07 Å². The van der Waals surface area contributed by atoms with E-state index in [1.54, 1.807) is 6.07 Å². The standard InChI is InChI=1S/C14H17Cl3O/c1-3-8(7-12-11(4-2)18-12)13-9(15)5-6-10(16)14(13)17/h5-6,8,11-12H,3-4,7H2,1-2H3. The molecule has 4 heteroatoms. The highest BCUT2D eigenvalue weighted by Gasteiger charge is 2.39. The fourth-order valence-corrected chi connectivity index (χ4v) is 3.28. The molecule has 1 fully saturated rings. The Morgan fingerprint density at radius 1 is 1.11 bits per heavy atom. The number of rotatable bonds is 5. The minimum absolute atomic E-state index is 0.310. The Balaban J connectivity index is 2.19. The van der Waals surface area contributed by atoms with Gasteiger partial charge in [0.25, 0.3) is 0 Å². The van der Waals surface area contributed by atoms with Gasteiger partial charge in [0.2, 0.25) is 0 Å². The fourth-order valence-electron chi connectivity index (χ4n) is 2.43. The molecule has 1 aromatic rings. The van der Waals surface area contributed by atoms with Crippen molar-refractivity contribution in [1.29, 1.82) is 0 Å². The van der Waals surface area contributed by atoms with Gasteiger partial charge in [0.1, 0.15) is 0 Å². The highest BCUT2D eigenvalue weighted by molar-refractivity contribution is 6.44. The maximum absolute atomic E-state index is 6.29. The lowest BCUT2D eigenvalue weighted by molar-refractivity contribution is 0.349. The third-order valence-electron chi connectivity index (χ3n) is 3.59. The predicted molar refractivity (Wildman–Crippen MR) is 78.1 cm³/mol. The van der Waals surface area contributed by atoms with Crippen LogP contribution in [0.4, 0.5) is 0 Å². The Labute approximate surface area is 123 Å². The van der Waals surface area contributed by atoms with E-state index in [4.69, 9.17) is 39.5 Å². The van der Waals surface area contributed by atoms with Gasteiger partial charge in [-0.25, -0.2) is 0 Å². The van der Waals surface area contributed by atoms with Crippen LogP contribution in [0.5, 0.6) is 0 Å². The van der Waals surface area contributed by atoms with Gasteiger partial charge in [-0.1, -0.05) is 48.7 Å². The smallest absolute Gasteiger partial charge is 0.0847 e. The maximum atomic E-state index is 6.29. The monoisotopic (exact) mass is 306 g/mol. The highest BCUT2D eigenvalue weighted by atomic mass is 35.5. The van der Waals surface area contributed by atoms with Gasteiger partial charge in [-0.2, -0.15) is 0 Å². The Morgan fingerprint density at radius 3 is 2.33 bits per heavy atom. The molecule has 0 aromatic heterocycles. The number of benzene rings is 1. The second kappa shape index (κ2) is 6.00. The normalized spacial score (nSPS) is 24.1. The summed E-state index contributed by atoms with van der Waals surface area (Å²) in [5.74, 6) is 0.310. The van der Waals surface area contributed by atoms with Gasteiger partial charge in [0.05, 0.1) is 22.3 Å². The fraction of sp³-hybridized carbons (Fsp3) is 0.571. The predicted octanol–water partition coefficient (Wildman–Crippen LogP) is 5.71. The molecule has 1 aromatic carbocycles. The van der Waals surface area contributed by atoms with Crippen LogP contribution in [0.15, 0.2) is 12.1 Å². The van der Waals surface area contributed by atoms with Gasteiger partial charge in [0.15, 0.2) is 0 Å². The average molecular weight is 308 g/mol. The zero-order valence-electron chi connectivity index (χ0n) is 10.6. The van der Waals surface area contributed by atoms with Gasteiger partial charge in [-0.3, -0.25) is 0 Å². The van der Waals surface area contributed by atoms with E-state index >= 15 is 0 Å². The van der Waals surface area contributed by atoms with Crippen molar-refractivity contribution >= 4 is 34.8 Å². The number of hydrogen-bond acceptors (Lipinski definition) is 1. The van der Waals surface area contributed by atoms with E-state index in [0.717, 1.165) is 24.8 Å². The third kappa shape index (κ3) is 2.96. The van der Waals surface area contributed by atoms with E-state index in [0.29, 0.717) is 33.2 Å². The Hall–Kier alpha value is 0.0500. The minimum Gasteiger partial charge on any atom is -0.370 e. The molecule has 0 spiro atoms. The summed E-state index contributed by atoms with van der Waals surface area (Å²) in [7, 11) is 0. The van der Waals surface area contributed by atoms with Crippen LogP contribution in [0.2, 0.25) is 15.1 Å². The molecule has 1 aliphatic rings. The zero-order chi connectivity index (χ0) is 13.3. The molecule has 0 amide bonds. The second-order valence-electron chi connectivity index (χ2n) is 4.72. The first-order valence-electron chi connectivity index (χ1n) is 6.37. The van der Waals surface area contributed by atoms with Gasteiger partial charge in [0, 0.05) is 5.02 Å². The van der Waals surface area contributed by atoms with Crippen molar-refractivity contribution in [2.24, 2.45) is 0 Å². The molecule has 1 saturated heterocycles. The molecule has 1 heterocycles. The summed E-state index contributed by atoms with van der Waals surface area (Å²) >= 11 is 18.6. The first-order chi connectivity index (χ1) is 8.58. The van der Waals surface area contributed by atoms with Crippen molar-refractivity contribution < 1.29 is 4.74 Å². The number of epoxide rings is 1. The van der Waals surface area contributed by atoms with Crippen molar-refractivity contribution in [3.63, 3.8) is 0 Å². The van der Waals surface area contributed by atoms with Crippen molar-refractivity contribution in [3.8, 4) is 0 Å². The Morgan fingerprint density at radius 2 is 1.78 bits per heavy atom. The summed E-state index contributed by atoms with van der Waals surface area (Å²) in [5, 5.41) is 1.85. The molecule has 1 nitrogen and oxygen atoms in total. The summed E-state index contributed by atoms with van der Waals surface area (Å²) in [6.07, 6.45) is 3.78. The average Bonchev–Trinajstić information content (AvgIpc) is 3.11. The van der Waals surface area contributed by atoms with Crippen LogP contribution < -0.4 is 0 Å². The molecular formula is C14H17Cl3O. The second-order valence-corrected chi connectivity index (χ2v) is 5.91. The van der Waals surface area contributed by atoms with Crippen LogP contribution in [0.1, 0.15) is 44.6 Å². The summed E-state index contributed by atoms with van der Waals surface area (Å²) in [6, 6.07) is 3.56. The van der Waals surface area contributed by atoms with Crippen molar-refractivity contribution in [2.45, 2.75) is 51.2 Å². The van der Waals surface area contributed by atoms with Crippen LogP contribution in [-0.2, 0) is 4.74 Å². The molecule has 18 heavy (non-hydrogen) atoms. The van der Waals surface area contributed by atoms with E-state index in [9.17, 15) is 0 Å². The van der Waals surface area contributed by atoms with Crippen molar-refractivity contribution in [2.75, 3.05) is 0 Å². The zero-order valence-corrected chi connectivity index (χ0v) is 12.8. The van der Waals surface area contributed by atoms with Gasteiger partial charge < -0.3 is 4.74 Å². The van der Waals surface area contributed by atoms with E-state index in [2.05, 4.69) is 13.8 Å². The Kier molecular flexibility index (Phi) is 4.82. The first kappa shape index (κ1) is 14.5. The van der Waals surface area contributed by atoms with Gasteiger partial charge >= 0.3 is 0 Å². The molecule has 0 radical (unpaired) electrons. The molecule has 1 aliphatic heterocycles. The largest absolute Gasteiger partial charge is 0.370 e. The minimum atomic E-state index is 0.310. The quantitative estimate of drug-likeness (QED) is 0.501. The number of hydrogen-bond donors (Lipinski definition) is 0. The van der Waals surface area contributed by atoms with Crippen LogP contribution >= 0.6 is 34.8 Å². The lowest BCUT2D eigenvalue weighted by atomic mass is 9.90. The molecule has 3 atom stereocenters. The summed E-state index contributed by atoms with van der Waals surface area (Å²) in [5.41, 5.74) is 0.971. The lowest BCUT2D eigenvalue weighted by Crippen LogP contribution is -2.05. The van der Waals surface area contributed by atoms with E-state index in [-0.39, 0.29) is 0 Å². The maximum Gasteiger partial charge on any atom is 0.0847 e. The van der Waals surface area contributed by atoms with Crippen LogP contribution in [0.25, 0.3) is 0 Å². The van der Waals surface area contributed by atoms with Gasteiger partial charge in [-0.05, 0) is 42.9 Å². The van der Waals surface area contributed by atoms with E-state index in [1.165, 1.54) is 0 Å². The lowest BCUT2D eigenvalue weighted by Gasteiger charge is -2.18. The molecular weight excluding hydrogens is 291 g/mol. The molecule has 3 unspecified atom stereocenters. The van der Waals surface area contributed by atoms with Crippen LogP contribution in [-0.4, -0.2) is 12.2 Å². The third-order valence-corrected chi connectivity index (χ3v) is 4.74. The van der Waals surface area contributed by atoms with E-state index < -0.39 is 0 Å². The SMILES string of the molecule is CCC(CC1OC1CC)c1c(Cl)ccc(Cl)c1Cl. The van der Waals surface area contributed by atoms with Crippen LogP contribution in [0.3, 0.4) is 0 Å². The van der Waals surface area contributed by atoms with Crippen LogP contribution in [0, 0.1) is 0 Å². The molecule has 100 valence electrons.